The van der Waals surface area contributed by atoms with Crippen molar-refractivity contribution in [3.05, 3.63) is 194 Å². The number of para-hydroxylation sites is 4. The fraction of sp³-hybridized carbons (Fsp3) is 0. The number of pyridine rings is 2. The molecule has 0 amide bonds. The molecular formula is C46H32N5+. The van der Waals surface area contributed by atoms with E-state index in [9.17, 15) is 0 Å². The molecule has 0 radical (unpaired) electrons. The molecular weight excluding hydrogens is 623 g/mol. The van der Waals surface area contributed by atoms with E-state index in [1.807, 2.05) is 18.3 Å². The number of anilines is 3. The Morgan fingerprint density at radius 3 is 1.69 bits per heavy atom. The summed E-state index contributed by atoms with van der Waals surface area (Å²) in [6.07, 6.45) is 4.03. The van der Waals surface area contributed by atoms with Crippen LogP contribution in [0.2, 0.25) is 0 Å². The summed E-state index contributed by atoms with van der Waals surface area (Å²) >= 11 is 0. The lowest BCUT2D eigenvalue weighted by molar-refractivity contribution is -0.569. The number of fused-ring (bicyclic) bond motifs is 6. The highest BCUT2D eigenvalue weighted by Gasteiger charge is 2.25. The molecule has 240 valence electrons. The molecule has 4 aromatic heterocycles. The largest absolute Gasteiger partial charge is 0.311 e. The number of rotatable bonds is 6. The van der Waals surface area contributed by atoms with E-state index < -0.39 is 0 Å². The van der Waals surface area contributed by atoms with E-state index in [2.05, 4.69) is 195 Å². The van der Waals surface area contributed by atoms with Crippen LogP contribution in [0.15, 0.2) is 194 Å². The number of hydrogen-bond acceptors (Lipinski definition) is 2. The van der Waals surface area contributed by atoms with E-state index in [0.717, 1.165) is 56.5 Å². The Hall–Kier alpha value is -6.98. The van der Waals surface area contributed by atoms with Gasteiger partial charge in [-0.05, 0) is 103 Å². The molecule has 4 heterocycles. The lowest BCUT2D eigenvalue weighted by atomic mass is 10.1. The van der Waals surface area contributed by atoms with Gasteiger partial charge in [-0.2, -0.15) is 9.13 Å². The van der Waals surface area contributed by atoms with Crippen LogP contribution in [0.4, 0.5) is 17.1 Å². The Labute approximate surface area is 295 Å². The van der Waals surface area contributed by atoms with Crippen LogP contribution in [0.3, 0.4) is 0 Å². The van der Waals surface area contributed by atoms with Crippen molar-refractivity contribution >= 4 is 60.8 Å². The molecule has 0 bridgehead atoms. The maximum Gasteiger partial charge on any atom is 0.300 e. The Morgan fingerprint density at radius 2 is 1.00 bits per heavy atom. The quantitative estimate of drug-likeness (QED) is 0.167. The minimum absolute atomic E-state index is 0.901. The molecule has 0 aliphatic carbocycles. The summed E-state index contributed by atoms with van der Waals surface area (Å²) in [6.45, 7) is 0. The van der Waals surface area contributed by atoms with Gasteiger partial charge in [-0.25, -0.2) is 4.98 Å². The molecule has 5 heteroatoms. The van der Waals surface area contributed by atoms with Gasteiger partial charge in [-0.15, -0.1) is 0 Å². The van der Waals surface area contributed by atoms with Crippen molar-refractivity contribution in [2.75, 3.05) is 4.90 Å². The molecule has 0 spiro atoms. The molecule has 0 atom stereocenters. The molecule has 6 aromatic carbocycles. The molecule has 0 aliphatic rings. The van der Waals surface area contributed by atoms with Crippen molar-refractivity contribution in [3.8, 4) is 17.2 Å². The van der Waals surface area contributed by atoms with Crippen molar-refractivity contribution in [2.45, 2.75) is 0 Å². The fourth-order valence-electron chi connectivity index (χ4n) is 7.61. The summed E-state index contributed by atoms with van der Waals surface area (Å²) in [5, 5.41) is 4.81. The summed E-state index contributed by atoms with van der Waals surface area (Å²) in [5.74, 6) is 0.901. The van der Waals surface area contributed by atoms with Gasteiger partial charge in [0.05, 0.1) is 22.6 Å². The summed E-state index contributed by atoms with van der Waals surface area (Å²) in [4.78, 5) is 7.06. The van der Waals surface area contributed by atoms with Crippen LogP contribution in [0.5, 0.6) is 0 Å². The Kier molecular flexibility index (Phi) is 6.74. The second kappa shape index (κ2) is 11.9. The van der Waals surface area contributed by atoms with Gasteiger partial charge in [-0.3, -0.25) is 4.57 Å². The minimum atomic E-state index is 0.901. The molecule has 0 saturated heterocycles. The number of benzene rings is 6. The van der Waals surface area contributed by atoms with Crippen LogP contribution in [0.25, 0.3) is 60.9 Å². The van der Waals surface area contributed by atoms with Crippen LogP contribution in [0.1, 0.15) is 0 Å². The third-order valence-corrected chi connectivity index (χ3v) is 9.82. The molecule has 0 N–H and O–H groups in total. The van der Waals surface area contributed by atoms with Gasteiger partial charge in [0.15, 0.2) is 0 Å². The molecule has 10 rings (SSSR count). The SMILES string of the molecule is c1ccc(N(c2ccccc2)c2ccc(-n3c4ccccc4c4ccc[n+](-c5ccc6c7ccccc7n(-c7ccccn7)c6c5)c43)cc2)cc1. The number of aromatic nitrogens is 4. The van der Waals surface area contributed by atoms with Gasteiger partial charge >= 0.3 is 0 Å². The van der Waals surface area contributed by atoms with E-state index in [1.165, 1.54) is 21.5 Å². The topological polar surface area (TPSA) is 29.9 Å². The van der Waals surface area contributed by atoms with Crippen molar-refractivity contribution in [1.82, 2.24) is 14.1 Å². The fourth-order valence-corrected chi connectivity index (χ4v) is 7.61. The summed E-state index contributed by atoms with van der Waals surface area (Å²) in [5.41, 5.74) is 10.0. The third kappa shape index (κ3) is 4.71. The molecule has 10 aromatic rings. The van der Waals surface area contributed by atoms with Gasteiger partial charge in [0.2, 0.25) is 0 Å². The van der Waals surface area contributed by atoms with Crippen molar-refractivity contribution in [2.24, 2.45) is 0 Å². The molecule has 5 nitrogen and oxygen atoms in total. The zero-order chi connectivity index (χ0) is 33.7. The zero-order valence-electron chi connectivity index (χ0n) is 27.7. The standard InChI is InChI=1S/C46H32N5/c1-3-14-33(15-4-1)49(34-16-5-2-6-17-34)35-24-26-36(27-25-35)50-42-21-9-8-19-39(42)41-20-13-31-48(46(41)50)37-28-29-40-38-18-7-10-22-43(38)51(44(40)32-37)45-23-11-12-30-47-45/h1-32H/q+1. The van der Waals surface area contributed by atoms with Gasteiger partial charge in [-0.1, -0.05) is 72.8 Å². The summed E-state index contributed by atoms with van der Waals surface area (Å²) in [7, 11) is 0. The van der Waals surface area contributed by atoms with Gasteiger partial charge in [0.1, 0.15) is 22.7 Å². The Morgan fingerprint density at radius 1 is 0.431 bits per heavy atom. The molecule has 0 saturated carbocycles. The van der Waals surface area contributed by atoms with E-state index in [-0.39, 0.29) is 0 Å². The summed E-state index contributed by atoms with van der Waals surface area (Å²) in [6, 6.07) is 64.5. The summed E-state index contributed by atoms with van der Waals surface area (Å²) < 4.78 is 6.99. The first-order valence-electron chi connectivity index (χ1n) is 17.2. The predicted octanol–water partition coefficient (Wildman–Crippen LogP) is 11.0. The van der Waals surface area contributed by atoms with Gasteiger partial charge in [0.25, 0.3) is 5.65 Å². The van der Waals surface area contributed by atoms with Crippen LogP contribution in [0, 0.1) is 0 Å². The minimum Gasteiger partial charge on any atom is -0.311 e. The first-order chi connectivity index (χ1) is 25.3. The van der Waals surface area contributed by atoms with E-state index >= 15 is 0 Å². The molecule has 0 fully saturated rings. The second-order valence-electron chi connectivity index (χ2n) is 12.7. The lowest BCUT2D eigenvalue weighted by Gasteiger charge is -2.25. The highest BCUT2D eigenvalue weighted by molar-refractivity contribution is 6.10. The van der Waals surface area contributed by atoms with Crippen molar-refractivity contribution < 1.29 is 4.57 Å². The average molecular weight is 655 g/mol. The van der Waals surface area contributed by atoms with Crippen LogP contribution < -0.4 is 9.47 Å². The first-order valence-corrected chi connectivity index (χ1v) is 17.2. The zero-order valence-corrected chi connectivity index (χ0v) is 27.7. The first kappa shape index (κ1) is 29.0. The van der Waals surface area contributed by atoms with Gasteiger partial charge < -0.3 is 4.90 Å². The predicted molar refractivity (Wildman–Crippen MR) is 209 cm³/mol. The number of nitrogens with zero attached hydrogens (tertiary/aromatic N) is 5. The van der Waals surface area contributed by atoms with E-state index in [1.54, 1.807) is 0 Å². The van der Waals surface area contributed by atoms with Crippen LogP contribution >= 0.6 is 0 Å². The smallest absolute Gasteiger partial charge is 0.300 e. The Bertz CT molecular complexity index is 2800. The van der Waals surface area contributed by atoms with Crippen LogP contribution in [-0.4, -0.2) is 14.1 Å². The average Bonchev–Trinajstić information content (AvgIpc) is 3.72. The third-order valence-electron chi connectivity index (χ3n) is 9.82. The molecule has 0 aliphatic heterocycles. The Balaban J connectivity index is 1.18. The van der Waals surface area contributed by atoms with Crippen LogP contribution in [-0.2, 0) is 0 Å². The number of hydrogen-bond donors (Lipinski definition) is 0. The molecule has 51 heavy (non-hydrogen) atoms. The van der Waals surface area contributed by atoms with Crippen molar-refractivity contribution in [1.29, 1.82) is 0 Å². The normalized spacial score (nSPS) is 11.5. The monoisotopic (exact) mass is 654 g/mol. The lowest BCUT2D eigenvalue weighted by Crippen LogP contribution is -2.32. The highest BCUT2D eigenvalue weighted by atomic mass is 15.2. The van der Waals surface area contributed by atoms with Crippen molar-refractivity contribution in [3.63, 3.8) is 0 Å². The maximum absolute atomic E-state index is 4.76. The van der Waals surface area contributed by atoms with E-state index in [4.69, 9.17) is 4.98 Å². The second-order valence-corrected chi connectivity index (χ2v) is 12.7. The maximum atomic E-state index is 4.76. The highest BCUT2D eigenvalue weighted by Crippen LogP contribution is 2.37. The van der Waals surface area contributed by atoms with Gasteiger partial charge in [0, 0.05) is 45.5 Å². The molecule has 0 unspecified atom stereocenters. The van der Waals surface area contributed by atoms with E-state index in [0.29, 0.717) is 0 Å².